The van der Waals surface area contributed by atoms with Gasteiger partial charge in [-0.05, 0) is 30.5 Å². The molecule has 2 unspecified atom stereocenters. The van der Waals surface area contributed by atoms with E-state index in [-0.39, 0.29) is 29.0 Å². The fourth-order valence-electron chi connectivity index (χ4n) is 3.96. The minimum atomic E-state index is -4.52. The van der Waals surface area contributed by atoms with E-state index < -0.39 is 24.2 Å². The lowest BCUT2D eigenvalue weighted by Crippen LogP contribution is -2.36. The van der Waals surface area contributed by atoms with Crippen LogP contribution in [0.3, 0.4) is 0 Å². The zero-order valence-electron chi connectivity index (χ0n) is 15.3. The van der Waals surface area contributed by atoms with Crippen LogP contribution in [0.1, 0.15) is 60.2 Å². The number of fused-ring (bicyclic) bond motifs is 1. The first-order valence-electron chi connectivity index (χ1n) is 9.41. The number of alkyl halides is 3. The van der Waals surface area contributed by atoms with Crippen molar-refractivity contribution in [1.29, 1.82) is 0 Å². The monoisotopic (exact) mass is 446 g/mol. The molecule has 1 fully saturated rings. The van der Waals surface area contributed by atoms with Crippen LogP contribution in [0.5, 0.6) is 0 Å². The van der Waals surface area contributed by atoms with Gasteiger partial charge in [-0.1, -0.05) is 42.1 Å². The minimum Gasteiger partial charge on any atom is -0.363 e. The number of hydrogen-bond donors (Lipinski definition) is 2. The zero-order valence-corrected chi connectivity index (χ0v) is 16.8. The van der Waals surface area contributed by atoms with E-state index in [1.54, 1.807) is 18.2 Å². The molecule has 2 aromatic rings. The Morgan fingerprint density at radius 2 is 1.90 bits per heavy atom. The molecule has 1 aliphatic carbocycles. The van der Waals surface area contributed by atoms with E-state index in [4.69, 9.17) is 23.2 Å². The summed E-state index contributed by atoms with van der Waals surface area (Å²) in [4.78, 5) is 12.5. The molecule has 1 aliphatic heterocycles. The summed E-state index contributed by atoms with van der Waals surface area (Å²) in [5.41, 5.74) is 0.557. The average molecular weight is 447 g/mol. The summed E-state index contributed by atoms with van der Waals surface area (Å²) in [5, 5.41) is 10.5. The number of benzene rings is 1. The molecule has 29 heavy (non-hydrogen) atoms. The summed E-state index contributed by atoms with van der Waals surface area (Å²) >= 11 is 12.0. The van der Waals surface area contributed by atoms with E-state index in [1.807, 2.05) is 0 Å². The lowest BCUT2D eigenvalue weighted by atomic mass is 9.97. The molecule has 5 nitrogen and oxygen atoms in total. The molecule has 0 spiro atoms. The number of carbonyl (C=O) groups excluding carboxylic acids is 1. The van der Waals surface area contributed by atoms with Crippen molar-refractivity contribution in [2.45, 2.75) is 56.4 Å². The van der Waals surface area contributed by atoms with Gasteiger partial charge < -0.3 is 10.6 Å². The van der Waals surface area contributed by atoms with Gasteiger partial charge in [0, 0.05) is 18.5 Å². The molecule has 1 amide bonds. The van der Waals surface area contributed by atoms with Crippen LogP contribution in [-0.4, -0.2) is 27.9 Å². The van der Waals surface area contributed by atoms with E-state index in [0.29, 0.717) is 10.6 Å². The first-order valence-corrected chi connectivity index (χ1v) is 10.2. The Kier molecular flexibility index (Phi) is 5.42. The van der Waals surface area contributed by atoms with E-state index in [2.05, 4.69) is 15.7 Å². The van der Waals surface area contributed by atoms with E-state index in [0.717, 1.165) is 30.4 Å². The first-order chi connectivity index (χ1) is 13.7. The van der Waals surface area contributed by atoms with Gasteiger partial charge >= 0.3 is 6.18 Å². The molecule has 10 heteroatoms. The quantitative estimate of drug-likeness (QED) is 0.651. The summed E-state index contributed by atoms with van der Waals surface area (Å²) in [7, 11) is 0. The molecular weight excluding hydrogens is 428 g/mol. The third-order valence-electron chi connectivity index (χ3n) is 5.46. The van der Waals surface area contributed by atoms with Gasteiger partial charge in [-0.25, -0.2) is 4.68 Å². The Hall–Kier alpha value is -1.93. The van der Waals surface area contributed by atoms with Crippen LogP contribution in [0, 0.1) is 0 Å². The maximum absolute atomic E-state index is 13.8. The van der Waals surface area contributed by atoms with Crippen molar-refractivity contribution in [3.63, 3.8) is 0 Å². The van der Waals surface area contributed by atoms with Crippen molar-refractivity contribution in [3.05, 3.63) is 45.6 Å². The molecule has 0 radical (unpaired) electrons. The number of carbonyl (C=O) groups is 1. The van der Waals surface area contributed by atoms with Gasteiger partial charge in [-0.3, -0.25) is 4.79 Å². The molecule has 1 aromatic heterocycles. The summed E-state index contributed by atoms with van der Waals surface area (Å²) in [6.45, 7) is 0. The number of rotatable bonds is 3. The Bertz CT molecular complexity index is 925. The topological polar surface area (TPSA) is 59.0 Å². The average Bonchev–Trinajstić information content (AvgIpc) is 3.31. The SMILES string of the molecule is O=C(NC1CCCC1)c1cc2n(n1)C(C(F)(F)F)CC(c1ccc(Cl)c(Cl)c1)N2. The van der Waals surface area contributed by atoms with E-state index in [9.17, 15) is 18.0 Å². The van der Waals surface area contributed by atoms with Crippen molar-refractivity contribution in [2.24, 2.45) is 0 Å². The first kappa shape index (κ1) is 20.3. The number of aromatic nitrogens is 2. The highest BCUT2D eigenvalue weighted by Crippen LogP contribution is 2.44. The second-order valence-electron chi connectivity index (χ2n) is 7.48. The van der Waals surface area contributed by atoms with Gasteiger partial charge in [0.1, 0.15) is 5.82 Å². The maximum atomic E-state index is 13.8. The number of hydrogen-bond acceptors (Lipinski definition) is 3. The number of halogens is 5. The lowest BCUT2D eigenvalue weighted by Gasteiger charge is -2.33. The van der Waals surface area contributed by atoms with Crippen LogP contribution < -0.4 is 10.6 Å². The van der Waals surface area contributed by atoms with Crippen LogP contribution in [-0.2, 0) is 0 Å². The van der Waals surface area contributed by atoms with Crippen molar-refractivity contribution in [2.75, 3.05) is 5.32 Å². The van der Waals surface area contributed by atoms with Gasteiger partial charge in [-0.15, -0.1) is 0 Å². The molecule has 2 aliphatic rings. The van der Waals surface area contributed by atoms with Gasteiger partial charge in [0.2, 0.25) is 0 Å². The van der Waals surface area contributed by atoms with E-state index in [1.165, 1.54) is 6.07 Å². The van der Waals surface area contributed by atoms with Gasteiger partial charge in [0.25, 0.3) is 5.91 Å². The zero-order chi connectivity index (χ0) is 20.8. The molecule has 156 valence electrons. The molecule has 1 saturated carbocycles. The predicted octanol–water partition coefficient (Wildman–Crippen LogP) is 5.52. The smallest absolute Gasteiger partial charge is 0.363 e. The third-order valence-corrected chi connectivity index (χ3v) is 6.20. The summed E-state index contributed by atoms with van der Waals surface area (Å²) in [6.07, 6.45) is -0.970. The molecule has 0 bridgehead atoms. The van der Waals surface area contributed by atoms with Gasteiger partial charge in [0.05, 0.1) is 16.1 Å². The number of amides is 1. The summed E-state index contributed by atoms with van der Waals surface area (Å²) in [6, 6.07) is 3.66. The fourth-order valence-corrected chi connectivity index (χ4v) is 4.27. The maximum Gasteiger partial charge on any atom is 0.410 e. The molecular formula is C19H19Cl2F3N4O. The standard InChI is InChI=1S/C19H19Cl2F3N4O/c20-12-6-5-10(7-13(12)21)14-8-16(19(22,23)24)28-17(26-14)9-15(27-28)18(29)25-11-3-1-2-4-11/h5-7,9,11,14,16,26H,1-4,8H2,(H,25,29). The highest BCUT2D eigenvalue weighted by Gasteiger charge is 2.47. The predicted molar refractivity (Wildman–Crippen MR) is 104 cm³/mol. The Labute approximate surface area is 175 Å². The van der Waals surface area contributed by atoms with Crippen molar-refractivity contribution in [3.8, 4) is 0 Å². The van der Waals surface area contributed by atoms with E-state index >= 15 is 0 Å². The number of anilines is 1. The molecule has 0 saturated heterocycles. The second-order valence-corrected chi connectivity index (χ2v) is 8.29. The fraction of sp³-hybridized carbons (Fsp3) is 0.474. The van der Waals surface area contributed by atoms with Crippen molar-refractivity contribution >= 4 is 34.9 Å². The number of nitrogens with one attached hydrogen (secondary N) is 2. The van der Waals surface area contributed by atoms with Crippen LogP contribution in [0.4, 0.5) is 19.0 Å². The second kappa shape index (κ2) is 7.72. The van der Waals surface area contributed by atoms with Crippen molar-refractivity contribution in [1.82, 2.24) is 15.1 Å². The largest absolute Gasteiger partial charge is 0.410 e. The third kappa shape index (κ3) is 4.19. The molecule has 2 N–H and O–H groups in total. The molecule has 2 heterocycles. The Morgan fingerprint density at radius 3 is 2.55 bits per heavy atom. The lowest BCUT2D eigenvalue weighted by molar-refractivity contribution is -0.173. The summed E-state index contributed by atoms with van der Waals surface area (Å²) < 4.78 is 42.1. The highest BCUT2D eigenvalue weighted by atomic mass is 35.5. The van der Waals surface area contributed by atoms with Gasteiger partial charge in [-0.2, -0.15) is 18.3 Å². The van der Waals surface area contributed by atoms with Crippen molar-refractivity contribution < 1.29 is 18.0 Å². The normalized spacial score (nSPS) is 22.2. The van der Waals surface area contributed by atoms with Crippen LogP contribution in [0.2, 0.25) is 10.0 Å². The minimum absolute atomic E-state index is 0.0246. The van der Waals surface area contributed by atoms with Crippen LogP contribution >= 0.6 is 23.2 Å². The van der Waals surface area contributed by atoms with Crippen LogP contribution in [0.25, 0.3) is 0 Å². The van der Waals surface area contributed by atoms with Gasteiger partial charge in [0.15, 0.2) is 11.7 Å². The summed E-state index contributed by atoms with van der Waals surface area (Å²) in [5.74, 6) is -0.307. The highest BCUT2D eigenvalue weighted by molar-refractivity contribution is 6.42. The Morgan fingerprint density at radius 1 is 1.17 bits per heavy atom. The van der Waals surface area contributed by atoms with Crippen LogP contribution in [0.15, 0.2) is 24.3 Å². The molecule has 1 aromatic carbocycles. The molecule has 2 atom stereocenters. The number of nitrogens with zero attached hydrogens (tertiary/aromatic N) is 2. The Balaban J connectivity index is 1.63. The molecule has 4 rings (SSSR count).